The van der Waals surface area contributed by atoms with E-state index in [-0.39, 0.29) is 0 Å². The first-order chi connectivity index (χ1) is 9.22. The molecule has 5 heteroatoms. The summed E-state index contributed by atoms with van der Waals surface area (Å²) in [4.78, 5) is 0. The highest BCUT2D eigenvalue weighted by Crippen LogP contribution is 2.34. The van der Waals surface area contributed by atoms with Crippen LogP contribution in [0.25, 0.3) is 0 Å². The molecule has 0 fully saturated rings. The van der Waals surface area contributed by atoms with Crippen LogP contribution in [0.2, 0.25) is 5.02 Å². The minimum atomic E-state index is 0.663. The second-order valence-corrected chi connectivity index (χ2v) is 5.86. The van der Waals surface area contributed by atoms with Crippen molar-refractivity contribution in [3.63, 3.8) is 0 Å². The van der Waals surface area contributed by atoms with Crippen molar-refractivity contribution in [3.8, 4) is 11.5 Å². The molecule has 0 saturated heterocycles. The van der Waals surface area contributed by atoms with Gasteiger partial charge in [0.1, 0.15) is 0 Å². The number of benzene rings is 1. The summed E-state index contributed by atoms with van der Waals surface area (Å²) in [5.41, 5.74) is 1.02. The lowest BCUT2D eigenvalue weighted by molar-refractivity contribution is 0.291. The highest BCUT2D eigenvalue weighted by atomic mass is 35.5. The van der Waals surface area contributed by atoms with Crippen LogP contribution in [0.4, 0.5) is 0 Å². The highest BCUT2D eigenvalue weighted by Gasteiger charge is 2.12. The van der Waals surface area contributed by atoms with Crippen molar-refractivity contribution >= 4 is 23.4 Å². The van der Waals surface area contributed by atoms with Crippen molar-refractivity contribution in [1.82, 2.24) is 5.32 Å². The fraction of sp³-hybridized carbons (Fsp3) is 0.571. The van der Waals surface area contributed by atoms with Crippen molar-refractivity contribution in [2.45, 2.75) is 19.9 Å². The molecule has 1 rings (SSSR count). The van der Waals surface area contributed by atoms with Gasteiger partial charge >= 0.3 is 0 Å². The number of hydrogen-bond donors (Lipinski definition) is 1. The molecule has 0 amide bonds. The maximum absolute atomic E-state index is 6.07. The third-order valence-corrected chi connectivity index (χ3v) is 3.77. The number of thioether (sulfide) groups is 1. The van der Waals surface area contributed by atoms with E-state index in [0.717, 1.165) is 29.2 Å². The standard InChI is InChI=1S/C14H22ClNO2S/c1-4-19-7-5-6-18-14-11(10-16-2)8-12(15)9-13(14)17-3/h8-9,16H,4-7,10H2,1-3H3. The smallest absolute Gasteiger partial charge is 0.165 e. The number of ether oxygens (including phenoxy) is 2. The topological polar surface area (TPSA) is 30.5 Å². The molecule has 0 saturated carbocycles. The van der Waals surface area contributed by atoms with Gasteiger partial charge in [-0.3, -0.25) is 0 Å². The summed E-state index contributed by atoms with van der Waals surface area (Å²) in [6, 6.07) is 3.70. The molecule has 0 aliphatic heterocycles. The summed E-state index contributed by atoms with van der Waals surface area (Å²) in [7, 11) is 3.53. The summed E-state index contributed by atoms with van der Waals surface area (Å²) in [6.07, 6.45) is 1.03. The Kier molecular flexibility index (Phi) is 8.10. The van der Waals surface area contributed by atoms with Crippen LogP contribution >= 0.6 is 23.4 Å². The molecule has 3 nitrogen and oxygen atoms in total. The maximum Gasteiger partial charge on any atom is 0.165 e. The van der Waals surface area contributed by atoms with Crippen LogP contribution < -0.4 is 14.8 Å². The van der Waals surface area contributed by atoms with Gasteiger partial charge in [-0.05, 0) is 31.0 Å². The molecule has 0 aliphatic carbocycles. The largest absolute Gasteiger partial charge is 0.493 e. The lowest BCUT2D eigenvalue weighted by Crippen LogP contribution is -2.09. The SMILES string of the molecule is CCSCCCOc1c(CNC)cc(Cl)cc1OC. The molecule has 1 N–H and O–H groups in total. The summed E-state index contributed by atoms with van der Waals surface area (Å²) < 4.78 is 11.2. The van der Waals surface area contributed by atoms with Crippen LogP contribution in [-0.4, -0.2) is 32.3 Å². The lowest BCUT2D eigenvalue weighted by atomic mass is 10.2. The van der Waals surface area contributed by atoms with E-state index < -0.39 is 0 Å². The van der Waals surface area contributed by atoms with E-state index in [9.17, 15) is 0 Å². The zero-order chi connectivity index (χ0) is 14.1. The van der Waals surface area contributed by atoms with Crippen molar-refractivity contribution in [1.29, 1.82) is 0 Å². The average molecular weight is 304 g/mol. The number of rotatable bonds is 9. The second-order valence-electron chi connectivity index (χ2n) is 4.03. The molecule has 1 aromatic carbocycles. The zero-order valence-electron chi connectivity index (χ0n) is 11.8. The van der Waals surface area contributed by atoms with Crippen LogP contribution in [-0.2, 0) is 6.54 Å². The molecule has 108 valence electrons. The molecule has 19 heavy (non-hydrogen) atoms. The van der Waals surface area contributed by atoms with E-state index >= 15 is 0 Å². The van der Waals surface area contributed by atoms with E-state index in [4.69, 9.17) is 21.1 Å². The Morgan fingerprint density at radius 1 is 1.37 bits per heavy atom. The van der Waals surface area contributed by atoms with Crippen LogP contribution in [0, 0.1) is 0 Å². The molecule has 1 aromatic rings. The summed E-state index contributed by atoms with van der Waals surface area (Å²) in [6.45, 7) is 3.57. The summed E-state index contributed by atoms with van der Waals surface area (Å²) >= 11 is 8.00. The van der Waals surface area contributed by atoms with Crippen molar-refractivity contribution in [2.24, 2.45) is 0 Å². The normalized spacial score (nSPS) is 10.5. The Morgan fingerprint density at radius 3 is 2.79 bits per heavy atom. The predicted molar refractivity (Wildman–Crippen MR) is 83.9 cm³/mol. The predicted octanol–water partition coefficient (Wildman–Crippen LogP) is 3.59. The van der Waals surface area contributed by atoms with Crippen molar-refractivity contribution < 1.29 is 9.47 Å². The molecule has 0 atom stereocenters. The first kappa shape index (κ1) is 16.5. The van der Waals surface area contributed by atoms with E-state index in [1.54, 1.807) is 13.2 Å². The van der Waals surface area contributed by atoms with Gasteiger partial charge in [0, 0.05) is 23.2 Å². The number of hydrogen-bond acceptors (Lipinski definition) is 4. The quantitative estimate of drug-likeness (QED) is 0.706. The Morgan fingerprint density at radius 2 is 2.16 bits per heavy atom. The van der Waals surface area contributed by atoms with Crippen LogP contribution in [0.3, 0.4) is 0 Å². The first-order valence-electron chi connectivity index (χ1n) is 6.44. The summed E-state index contributed by atoms with van der Waals surface area (Å²) in [5.74, 6) is 3.76. The minimum Gasteiger partial charge on any atom is -0.493 e. The van der Waals surface area contributed by atoms with Gasteiger partial charge in [-0.1, -0.05) is 18.5 Å². The van der Waals surface area contributed by atoms with Gasteiger partial charge in [0.25, 0.3) is 0 Å². The first-order valence-corrected chi connectivity index (χ1v) is 7.97. The third kappa shape index (κ3) is 5.51. The van der Waals surface area contributed by atoms with Gasteiger partial charge in [-0.15, -0.1) is 0 Å². The Balaban J connectivity index is 2.72. The van der Waals surface area contributed by atoms with Gasteiger partial charge < -0.3 is 14.8 Å². The molecule has 0 radical (unpaired) electrons. The fourth-order valence-corrected chi connectivity index (χ4v) is 2.58. The van der Waals surface area contributed by atoms with Gasteiger partial charge in [0.2, 0.25) is 0 Å². The number of methoxy groups -OCH3 is 1. The number of nitrogens with one attached hydrogen (secondary N) is 1. The molecule has 0 bridgehead atoms. The lowest BCUT2D eigenvalue weighted by Gasteiger charge is -2.15. The molecular formula is C14H22ClNO2S. The van der Waals surface area contributed by atoms with E-state index in [1.165, 1.54) is 0 Å². The molecule has 0 heterocycles. The van der Waals surface area contributed by atoms with E-state index in [2.05, 4.69) is 12.2 Å². The van der Waals surface area contributed by atoms with E-state index in [0.29, 0.717) is 23.9 Å². The van der Waals surface area contributed by atoms with Crippen LogP contribution in [0.5, 0.6) is 11.5 Å². The monoisotopic (exact) mass is 303 g/mol. The Hall–Kier alpha value is -0.580. The molecular weight excluding hydrogens is 282 g/mol. The average Bonchev–Trinajstić information content (AvgIpc) is 2.40. The Bertz CT molecular complexity index is 388. The molecule has 0 unspecified atom stereocenters. The third-order valence-electron chi connectivity index (χ3n) is 2.57. The van der Waals surface area contributed by atoms with Gasteiger partial charge in [-0.2, -0.15) is 11.8 Å². The van der Waals surface area contributed by atoms with E-state index in [1.807, 2.05) is 24.9 Å². The fourth-order valence-electron chi connectivity index (χ4n) is 1.74. The minimum absolute atomic E-state index is 0.663. The highest BCUT2D eigenvalue weighted by molar-refractivity contribution is 7.99. The zero-order valence-corrected chi connectivity index (χ0v) is 13.4. The molecule has 0 aliphatic rings. The van der Waals surface area contributed by atoms with Gasteiger partial charge in [0.05, 0.1) is 13.7 Å². The maximum atomic E-state index is 6.07. The van der Waals surface area contributed by atoms with Crippen LogP contribution in [0.1, 0.15) is 18.9 Å². The number of halogens is 1. The Labute approximate surface area is 125 Å². The molecule has 0 spiro atoms. The summed E-state index contributed by atoms with van der Waals surface area (Å²) in [5, 5.41) is 3.78. The van der Waals surface area contributed by atoms with Crippen molar-refractivity contribution in [2.75, 3.05) is 32.3 Å². The second kappa shape index (κ2) is 9.34. The molecule has 0 aromatic heterocycles. The van der Waals surface area contributed by atoms with Gasteiger partial charge in [0.15, 0.2) is 11.5 Å². The van der Waals surface area contributed by atoms with Gasteiger partial charge in [-0.25, -0.2) is 0 Å². The van der Waals surface area contributed by atoms with Crippen LogP contribution in [0.15, 0.2) is 12.1 Å². The van der Waals surface area contributed by atoms with Crippen molar-refractivity contribution in [3.05, 3.63) is 22.7 Å².